The smallest absolute Gasteiger partial charge is 0.303 e. The lowest BCUT2D eigenvalue weighted by molar-refractivity contribution is -0.137. The van der Waals surface area contributed by atoms with Crippen molar-refractivity contribution in [1.82, 2.24) is 0 Å². The normalized spacial score (nSPS) is 11.2. The van der Waals surface area contributed by atoms with Crippen molar-refractivity contribution in [3.05, 3.63) is 23.2 Å². The minimum absolute atomic E-state index is 0.329. The zero-order valence-corrected chi connectivity index (χ0v) is 18.6. The molecular formula is C25H44O3. The van der Waals surface area contributed by atoms with E-state index >= 15 is 0 Å². The van der Waals surface area contributed by atoms with Crippen molar-refractivity contribution >= 4 is 5.97 Å². The number of hydrogen-bond acceptors (Lipinski definition) is 2. The molecular weight excluding hydrogens is 348 g/mol. The molecule has 28 heavy (non-hydrogen) atoms. The predicted octanol–water partition coefficient (Wildman–Crippen LogP) is 8.02. The Balaban J connectivity index is 1.96. The van der Waals surface area contributed by atoms with E-state index in [-0.39, 0.29) is 0 Å². The molecule has 0 atom stereocenters. The lowest BCUT2D eigenvalue weighted by Crippen LogP contribution is -1.93. The van der Waals surface area contributed by atoms with Gasteiger partial charge in [-0.05, 0) is 37.8 Å². The molecule has 162 valence electrons. The number of carboxylic acid groups (broad SMARTS) is 1. The fourth-order valence-electron chi connectivity index (χ4n) is 3.84. The molecule has 0 radical (unpaired) electrons. The van der Waals surface area contributed by atoms with E-state index in [0.717, 1.165) is 25.7 Å². The van der Waals surface area contributed by atoms with E-state index in [1.54, 1.807) is 0 Å². The van der Waals surface area contributed by atoms with Crippen LogP contribution in [-0.4, -0.2) is 11.1 Å². The maximum absolute atomic E-state index is 10.4. The van der Waals surface area contributed by atoms with Crippen LogP contribution in [0.2, 0.25) is 0 Å². The van der Waals surface area contributed by atoms with Crippen LogP contribution in [-0.2, 0) is 17.6 Å². The van der Waals surface area contributed by atoms with Crippen LogP contribution in [0.4, 0.5) is 0 Å². The van der Waals surface area contributed by atoms with Crippen LogP contribution >= 0.6 is 0 Å². The van der Waals surface area contributed by atoms with Crippen LogP contribution in [0.25, 0.3) is 0 Å². The van der Waals surface area contributed by atoms with Gasteiger partial charge in [-0.3, -0.25) is 4.79 Å². The van der Waals surface area contributed by atoms with Gasteiger partial charge in [0.1, 0.15) is 11.5 Å². The molecule has 3 nitrogen and oxygen atoms in total. The number of aliphatic carboxylic acids is 1. The van der Waals surface area contributed by atoms with E-state index in [1.807, 2.05) is 0 Å². The molecule has 0 aliphatic carbocycles. The Morgan fingerprint density at radius 2 is 1.29 bits per heavy atom. The standard InChI is InChI=1S/C25H44O3/c1-3-4-5-12-16-19-24-22(2)21-23(28-24)18-15-13-10-8-6-7-9-11-14-17-20-25(26)27/h21H,3-20H2,1-2H3,(H,26,27). The summed E-state index contributed by atoms with van der Waals surface area (Å²) in [5.41, 5.74) is 1.34. The summed E-state index contributed by atoms with van der Waals surface area (Å²) >= 11 is 0. The summed E-state index contributed by atoms with van der Waals surface area (Å²) < 4.78 is 6.09. The van der Waals surface area contributed by atoms with Gasteiger partial charge in [0.15, 0.2) is 0 Å². The molecule has 0 aliphatic heterocycles. The Morgan fingerprint density at radius 1 is 0.786 bits per heavy atom. The number of carboxylic acids is 1. The quantitative estimate of drug-likeness (QED) is 0.242. The molecule has 0 aliphatic rings. The summed E-state index contributed by atoms with van der Waals surface area (Å²) in [7, 11) is 0. The number of rotatable bonds is 19. The van der Waals surface area contributed by atoms with Gasteiger partial charge in [0.25, 0.3) is 0 Å². The number of aryl methyl sites for hydroxylation is 3. The van der Waals surface area contributed by atoms with E-state index in [0.29, 0.717) is 6.42 Å². The summed E-state index contributed by atoms with van der Waals surface area (Å²) in [5.74, 6) is 1.74. The van der Waals surface area contributed by atoms with Crippen LogP contribution < -0.4 is 0 Å². The largest absolute Gasteiger partial charge is 0.481 e. The molecule has 0 amide bonds. The Labute approximate surface area is 173 Å². The minimum Gasteiger partial charge on any atom is -0.481 e. The molecule has 3 heteroatoms. The molecule has 0 saturated heterocycles. The van der Waals surface area contributed by atoms with Crippen LogP contribution in [0, 0.1) is 6.92 Å². The van der Waals surface area contributed by atoms with Gasteiger partial charge >= 0.3 is 5.97 Å². The number of carbonyl (C=O) groups is 1. The minimum atomic E-state index is -0.664. The predicted molar refractivity (Wildman–Crippen MR) is 118 cm³/mol. The lowest BCUT2D eigenvalue weighted by Gasteiger charge is -2.02. The molecule has 0 aromatic carbocycles. The maximum atomic E-state index is 10.4. The zero-order chi connectivity index (χ0) is 20.5. The van der Waals surface area contributed by atoms with Crippen LogP contribution in [0.3, 0.4) is 0 Å². The van der Waals surface area contributed by atoms with Crippen molar-refractivity contribution < 1.29 is 14.3 Å². The van der Waals surface area contributed by atoms with Gasteiger partial charge in [-0.15, -0.1) is 0 Å². The van der Waals surface area contributed by atoms with Crippen molar-refractivity contribution in [3.8, 4) is 0 Å². The van der Waals surface area contributed by atoms with Crippen molar-refractivity contribution in [2.45, 2.75) is 129 Å². The van der Waals surface area contributed by atoms with E-state index in [4.69, 9.17) is 9.52 Å². The van der Waals surface area contributed by atoms with Crippen molar-refractivity contribution in [2.75, 3.05) is 0 Å². The highest BCUT2D eigenvalue weighted by molar-refractivity contribution is 5.66. The Kier molecular flexibility index (Phi) is 14.8. The second-order valence-corrected chi connectivity index (χ2v) is 8.41. The highest BCUT2D eigenvalue weighted by Gasteiger charge is 2.07. The van der Waals surface area contributed by atoms with Gasteiger partial charge < -0.3 is 9.52 Å². The van der Waals surface area contributed by atoms with Gasteiger partial charge in [0.05, 0.1) is 0 Å². The van der Waals surface area contributed by atoms with Gasteiger partial charge in [0.2, 0.25) is 0 Å². The average Bonchev–Trinajstić information content (AvgIpc) is 3.01. The first-order valence-corrected chi connectivity index (χ1v) is 11.9. The molecule has 1 heterocycles. The van der Waals surface area contributed by atoms with E-state index in [9.17, 15) is 4.79 Å². The Morgan fingerprint density at radius 3 is 1.86 bits per heavy atom. The highest BCUT2D eigenvalue weighted by Crippen LogP contribution is 2.20. The molecule has 0 bridgehead atoms. The van der Waals surface area contributed by atoms with Crippen molar-refractivity contribution in [1.29, 1.82) is 0 Å². The number of hydrogen-bond donors (Lipinski definition) is 1. The van der Waals surface area contributed by atoms with E-state index < -0.39 is 5.97 Å². The monoisotopic (exact) mass is 392 g/mol. The summed E-state index contributed by atoms with van der Waals surface area (Å²) in [4.78, 5) is 10.4. The molecule has 1 rings (SSSR count). The zero-order valence-electron chi connectivity index (χ0n) is 18.6. The summed E-state index contributed by atoms with van der Waals surface area (Å²) in [6.07, 6.45) is 21.3. The Hall–Kier alpha value is -1.25. The summed E-state index contributed by atoms with van der Waals surface area (Å²) in [6.45, 7) is 4.45. The number of furan rings is 1. The molecule has 1 N–H and O–H groups in total. The summed E-state index contributed by atoms with van der Waals surface area (Å²) in [6, 6.07) is 2.26. The van der Waals surface area contributed by atoms with E-state index in [2.05, 4.69) is 19.9 Å². The summed E-state index contributed by atoms with van der Waals surface area (Å²) in [5, 5.41) is 8.60. The average molecular weight is 393 g/mol. The lowest BCUT2D eigenvalue weighted by atomic mass is 10.0. The first-order valence-electron chi connectivity index (χ1n) is 11.9. The molecule has 1 aromatic heterocycles. The maximum Gasteiger partial charge on any atom is 0.303 e. The van der Waals surface area contributed by atoms with Crippen LogP contribution in [0.1, 0.15) is 127 Å². The van der Waals surface area contributed by atoms with Crippen LogP contribution in [0.15, 0.2) is 10.5 Å². The van der Waals surface area contributed by atoms with Gasteiger partial charge in [-0.25, -0.2) is 0 Å². The van der Waals surface area contributed by atoms with Crippen LogP contribution in [0.5, 0.6) is 0 Å². The van der Waals surface area contributed by atoms with Gasteiger partial charge in [-0.1, -0.05) is 84.0 Å². The fraction of sp³-hybridized carbons (Fsp3) is 0.800. The second kappa shape index (κ2) is 16.7. The van der Waals surface area contributed by atoms with Gasteiger partial charge in [0, 0.05) is 19.3 Å². The Bertz CT molecular complexity index is 504. The SMILES string of the molecule is CCCCCCCc1oc(CCCCCCCCCCCCC(=O)O)cc1C. The molecule has 0 saturated carbocycles. The number of unbranched alkanes of at least 4 members (excludes halogenated alkanes) is 13. The third-order valence-electron chi connectivity index (χ3n) is 5.64. The first-order chi connectivity index (χ1) is 13.6. The van der Waals surface area contributed by atoms with Crippen molar-refractivity contribution in [2.24, 2.45) is 0 Å². The third-order valence-corrected chi connectivity index (χ3v) is 5.64. The molecule has 0 unspecified atom stereocenters. The third kappa shape index (κ3) is 13.0. The highest BCUT2D eigenvalue weighted by atomic mass is 16.4. The molecule has 1 aromatic rings. The van der Waals surface area contributed by atoms with E-state index in [1.165, 1.54) is 101 Å². The first kappa shape index (κ1) is 24.8. The molecule has 0 fully saturated rings. The van der Waals surface area contributed by atoms with Gasteiger partial charge in [-0.2, -0.15) is 0 Å². The second-order valence-electron chi connectivity index (χ2n) is 8.41. The topological polar surface area (TPSA) is 50.4 Å². The molecule has 0 spiro atoms. The fourth-order valence-corrected chi connectivity index (χ4v) is 3.84. The van der Waals surface area contributed by atoms with Crippen molar-refractivity contribution in [3.63, 3.8) is 0 Å².